The van der Waals surface area contributed by atoms with Crippen LogP contribution in [0.1, 0.15) is 97.8 Å². The number of amides is 3. The number of likely N-dealkylation sites (tertiary alicyclic amines) is 1. The summed E-state index contributed by atoms with van der Waals surface area (Å²) in [6.45, 7) is 7.68. The van der Waals surface area contributed by atoms with Crippen molar-refractivity contribution in [2.75, 3.05) is 13.1 Å². The molecule has 0 aromatic carbocycles. The van der Waals surface area contributed by atoms with Crippen LogP contribution in [0.3, 0.4) is 0 Å². The van der Waals surface area contributed by atoms with Crippen LogP contribution >= 0.6 is 0 Å². The van der Waals surface area contributed by atoms with E-state index in [1.807, 2.05) is 25.7 Å². The number of nitrogens with one attached hydrogen (secondary N) is 1. The second kappa shape index (κ2) is 13.1. The number of nitrogens with two attached hydrogens (primary N) is 1. The molecule has 178 valence electrons. The Labute approximate surface area is 189 Å². The largest absolute Gasteiger partial charge is 0.369 e. The molecular formula is C25H45N3O3. The Kier molecular flexibility index (Phi) is 10.8. The van der Waals surface area contributed by atoms with Crippen molar-refractivity contribution in [2.24, 2.45) is 29.4 Å². The molecule has 0 bridgehead atoms. The summed E-state index contributed by atoms with van der Waals surface area (Å²) in [6.07, 6.45) is 12.2. The lowest BCUT2D eigenvalue weighted by molar-refractivity contribution is -0.139. The highest BCUT2D eigenvalue weighted by molar-refractivity contribution is 5.91. The van der Waals surface area contributed by atoms with Crippen molar-refractivity contribution in [3.63, 3.8) is 0 Å². The summed E-state index contributed by atoms with van der Waals surface area (Å²) in [6, 6.07) is -0.480. The Morgan fingerprint density at radius 2 is 1.74 bits per heavy atom. The Balaban J connectivity index is 2.03. The zero-order valence-electron chi connectivity index (χ0n) is 20.0. The topological polar surface area (TPSA) is 92.5 Å². The Bertz CT molecular complexity index is 587. The molecule has 2 unspecified atom stereocenters. The van der Waals surface area contributed by atoms with E-state index in [-0.39, 0.29) is 17.7 Å². The van der Waals surface area contributed by atoms with Gasteiger partial charge in [-0.05, 0) is 50.4 Å². The van der Waals surface area contributed by atoms with Crippen molar-refractivity contribution in [1.82, 2.24) is 10.2 Å². The minimum absolute atomic E-state index is 0.0519. The Morgan fingerprint density at radius 3 is 2.35 bits per heavy atom. The molecule has 0 spiro atoms. The summed E-state index contributed by atoms with van der Waals surface area (Å²) < 4.78 is 0. The van der Waals surface area contributed by atoms with Gasteiger partial charge in [0.05, 0.1) is 0 Å². The number of nitrogens with zero attached hydrogens (tertiary/aromatic N) is 1. The molecule has 1 saturated carbocycles. The van der Waals surface area contributed by atoms with E-state index in [0.717, 1.165) is 44.7 Å². The van der Waals surface area contributed by atoms with Crippen molar-refractivity contribution in [2.45, 2.75) is 104 Å². The quantitative estimate of drug-likeness (QED) is 0.513. The molecule has 3 atom stereocenters. The van der Waals surface area contributed by atoms with Crippen LogP contribution in [0.15, 0.2) is 0 Å². The highest BCUT2D eigenvalue weighted by Gasteiger charge is 2.35. The minimum Gasteiger partial charge on any atom is -0.369 e. The van der Waals surface area contributed by atoms with Gasteiger partial charge in [0.2, 0.25) is 17.7 Å². The van der Waals surface area contributed by atoms with Crippen molar-refractivity contribution < 1.29 is 14.4 Å². The maximum atomic E-state index is 13.2. The van der Waals surface area contributed by atoms with E-state index in [9.17, 15) is 14.4 Å². The van der Waals surface area contributed by atoms with Gasteiger partial charge in [-0.25, -0.2) is 0 Å². The van der Waals surface area contributed by atoms with E-state index in [1.54, 1.807) is 0 Å². The average molecular weight is 436 g/mol. The molecule has 0 radical (unpaired) electrons. The van der Waals surface area contributed by atoms with Crippen molar-refractivity contribution in [3.05, 3.63) is 0 Å². The lowest BCUT2D eigenvalue weighted by atomic mass is 9.81. The summed E-state index contributed by atoms with van der Waals surface area (Å²) in [5, 5.41) is 3.04. The molecule has 1 heterocycles. The van der Waals surface area contributed by atoms with Gasteiger partial charge < -0.3 is 16.0 Å². The number of hydrogen-bond donors (Lipinski definition) is 2. The highest BCUT2D eigenvalue weighted by atomic mass is 16.2. The third-order valence-corrected chi connectivity index (χ3v) is 7.14. The van der Waals surface area contributed by atoms with E-state index in [4.69, 9.17) is 5.73 Å². The molecule has 2 aliphatic rings. The first-order chi connectivity index (χ1) is 14.8. The van der Waals surface area contributed by atoms with Gasteiger partial charge in [-0.3, -0.25) is 14.4 Å². The minimum atomic E-state index is -0.480. The molecule has 3 amide bonds. The van der Waals surface area contributed by atoms with Gasteiger partial charge in [0.1, 0.15) is 6.04 Å². The molecule has 1 aliphatic heterocycles. The third kappa shape index (κ3) is 8.12. The van der Waals surface area contributed by atoms with Crippen molar-refractivity contribution in [3.8, 4) is 0 Å². The van der Waals surface area contributed by atoms with Gasteiger partial charge in [0.15, 0.2) is 0 Å². The van der Waals surface area contributed by atoms with E-state index in [2.05, 4.69) is 5.32 Å². The average Bonchev–Trinajstić information content (AvgIpc) is 2.91. The van der Waals surface area contributed by atoms with Crippen LogP contribution in [0.4, 0.5) is 0 Å². The number of hydrogen-bond acceptors (Lipinski definition) is 3. The van der Waals surface area contributed by atoms with Crippen LogP contribution in [0.2, 0.25) is 0 Å². The lowest BCUT2D eigenvalue weighted by Gasteiger charge is -2.30. The predicted molar refractivity (Wildman–Crippen MR) is 124 cm³/mol. The van der Waals surface area contributed by atoms with Crippen LogP contribution in [0.5, 0.6) is 0 Å². The lowest BCUT2D eigenvalue weighted by Crippen LogP contribution is -2.51. The summed E-state index contributed by atoms with van der Waals surface area (Å²) in [5.74, 6) is -0.483. The number of carbonyl (C=O) groups is 3. The van der Waals surface area contributed by atoms with Crippen molar-refractivity contribution in [1.29, 1.82) is 0 Å². The summed E-state index contributed by atoms with van der Waals surface area (Å²) in [4.78, 5) is 40.6. The fourth-order valence-corrected chi connectivity index (χ4v) is 5.37. The molecule has 1 aliphatic carbocycles. The molecule has 2 rings (SSSR count). The third-order valence-electron chi connectivity index (χ3n) is 7.14. The standard InChI is InChI=1S/C25H45N3O3/c1-4-10-20(23(26)29)21(17-18(2)3)24(30)27-22-13-8-9-15-28(25(22)31)16-14-19-11-6-5-7-12-19/h18-22H,4-17H2,1-3H3,(H2,26,29)(H,27,30)/t20?,21?,22-/m0/s1. The normalized spacial score (nSPS) is 22.8. The van der Waals surface area contributed by atoms with E-state index in [1.165, 1.54) is 32.1 Å². The maximum Gasteiger partial charge on any atom is 0.245 e. The van der Waals surface area contributed by atoms with Gasteiger partial charge in [-0.1, -0.05) is 59.3 Å². The van der Waals surface area contributed by atoms with Gasteiger partial charge >= 0.3 is 0 Å². The number of rotatable bonds is 11. The molecular weight excluding hydrogens is 390 g/mol. The molecule has 1 saturated heterocycles. The fourth-order valence-electron chi connectivity index (χ4n) is 5.37. The van der Waals surface area contributed by atoms with Gasteiger partial charge in [0.25, 0.3) is 0 Å². The number of primary amides is 1. The molecule has 3 N–H and O–H groups in total. The molecule has 0 aromatic rings. The summed E-state index contributed by atoms with van der Waals surface area (Å²) in [7, 11) is 0. The zero-order valence-corrected chi connectivity index (χ0v) is 20.0. The van der Waals surface area contributed by atoms with Gasteiger partial charge in [0, 0.05) is 24.9 Å². The molecule has 0 aromatic heterocycles. The SMILES string of the molecule is CCCC(C(N)=O)C(CC(C)C)C(=O)N[C@H]1CCCCN(CCC2CCCCC2)C1=O. The molecule has 2 fully saturated rings. The predicted octanol–water partition coefficient (Wildman–Crippen LogP) is 4.02. The van der Waals surface area contributed by atoms with Crippen LogP contribution in [-0.4, -0.2) is 41.8 Å². The Morgan fingerprint density at radius 1 is 1.06 bits per heavy atom. The number of carbonyl (C=O) groups excluding carboxylic acids is 3. The van der Waals surface area contributed by atoms with E-state index < -0.39 is 23.8 Å². The van der Waals surface area contributed by atoms with Crippen LogP contribution in [-0.2, 0) is 14.4 Å². The van der Waals surface area contributed by atoms with E-state index >= 15 is 0 Å². The molecule has 6 nitrogen and oxygen atoms in total. The fraction of sp³-hybridized carbons (Fsp3) is 0.880. The summed E-state index contributed by atoms with van der Waals surface area (Å²) in [5.41, 5.74) is 5.66. The van der Waals surface area contributed by atoms with Crippen LogP contribution < -0.4 is 11.1 Å². The summed E-state index contributed by atoms with van der Waals surface area (Å²) >= 11 is 0. The smallest absolute Gasteiger partial charge is 0.245 e. The van der Waals surface area contributed by atoms with Crippen LogP contribution in [0.25, 0.3) is 0 Å². The van der Waals surface area contributed by atoms with Crippen molar-refractivity contribution >= 4 is 17.7 Å². The highest BCUT2D eigenvalue weighted by Crippen LogP contribution is 2.28. The van der Waals surface area contributed by atoms with Gasteiger partial charge in [-0.15, -0.1) is 0 Å². The monoisotopic (exact) mass is 435 g/mol. The molecule has 31 heavy (non-hydrogen) atoms. The van der Waals surface area contributed by atoms with E-state index in [0.29, 0.717) is 19.3 Å². The first kappa shape index (κ1) is 25.7. The second-order valence-electron chi connectivity index (χ2n) is 10.2. The second-order valence-corrected chi connectivity index (χ2v) is 10.2. The Hall–Kier alpha value is -1.59. The first-order valence-electron chi connectivity index (χ1n) is 12.7. The molecule has 6 heteroatoms. The first-order valence-corrected chi connectivity index (χ1v) is 12.7. The maximum absolute atomic E-state index is 13.2. The van der Waals surface area contributed by atoms with Crippen LogP contribution in [0, 0.1) is 23.7 Å². The zero-order chi connectivity index (χ0) is 22.8. The van der Waals surface area contributed by atoms with Gasteiger partial charge in [-0.2, -0.15) is 0 Å².